The highest BCUT2D eigenvalue weighted by Gasteiger charge is 2.30. The number of nitrogens with zero attached hydrogens (tertiary/aromatic N) is 1. The summed E-state index contributed by atoms with van der Waals surface area (Å²) in [6.07, 6.45) is 3.68. The van der Waals surface area contributed by atoms with E-state index < -0.39 is 32.3 Å². The van der Waals surface area contributed by atoms with Crippen LogP contribution in [-0.2, 0) is 10.0 Å². The van der Waals surface area contributed by atoms with Crippen molar-refractivity contribution in [2.45, 2.75) is 30.7 Å². The molecule has 2 aromatic carbocycles. The molecule has 1 aliphatic carbocycles. The van der Waals surface area contributed by atoms with Gasteiger partial charge in [-0.25, -0.2) is 26.6 Å². The number of rotatable bonds is 9. The number of hydrogen-bond donors (Lipinski definition) is 2. The van der Waals surface area contributed by atoms with Crippen LogP contribution in [0, 0.1) is 23.4 Å². The first-order chi connectivity index (χ1) is 16.8. The van der Waals surface area contributed by atoms with E-state index in [0.717, 1.165) is 41.4 Å². The summed E-state index contributed by atoms with van der Waals surface area (Å²) in [5.74, 6) is -3.10. The third-order valence-electron chi connectivity index (χ3n) is 5.74. The summed E-state index contributed by atoms with van der Waals surface area (Å²) in [7, 11) is -4.38. The van der Waals surface area contributed by atoms with Crippen LogP contribution in [0.2, 0.25) is 0 Å². The van der Waals surface area contributed by atoms with Crippen LogP contribution in [0.1, 0.15) is 25.3 Å². The van der Waals surface area contributed by atoms with E-state index in [0.29, 0.717) is 12.6 Å². The minimum atomic E-state index is -4.38. The van der Waals surface area contributed by atoms with Crippen molar-refractivity contribution in [2.75, 3.05) is 17.9 Å². The SMILES string of the molecule is CCN[C@@H]1CCC=C(c2ccc(F)cc2)[C@H]1COc1cc(F)c(S(=O)(=O)Nc2cscn2)cc1F. The molecule has 2 atom stereocenters. The topological polar surface area (TPSA) is 80.3 Å². The van der Waals surface area contributed by atoms with E-state index in [9.17, 15) is 21.6 Å². The van der Waals surface area contributed by atoms with Crippen molar-refractivity contribution in [3.63, 3.8) is 0 Å². The molecule has 0 amide bonds. The summed E-state index contributed by atoms with van der Waals surface area (Å²) in [6.45, 7) is 2.70. The largest absolute Gasteiger partial charge is 0.490 e. The van der Waals surface area contributed by atoms with Crippen LogP contribution in [0.3, 0.4) is 0 Å². The Hall–Kier alpha value is -2.89. The molecule has 186 valence electrons. The number of nitrogens with one attached hydrogen (secondary N) is 2. The summed E-state index contributed by atoms with van der Waals surface area (Å²) in [6, 6.07) is 7.45. The molecule has 6 nitrogen and oxygen atoms in total. The molecule has 0 radical (unpaired) electrons. The molecule has 0 saturated carbocycles. The Balaban J connectivity index is 1.56. The fourth-order valence-corrected chi connectivity index (χ4v) is 5.77. The molecule has 0 fully saturated rings. The van der Waals surface area contributed by atoms with Gasteiger partial charge in [-0.15, -0.1) is 11.3 Å². The van der Waals surface area contributed by atoms with Gasteiger partial charge in [-0.3, -0.25) is 4.72 Å². The molecular formula is C24H24F3N3O3S2. The van der Waals surface area contributed by atoms with E-state index in [1.165, 1.54) is 23.0 Å². The third-order valence-corrected chi connectivity index (χ3v) is 7.69. The molecule has 3 aromatic rings. The van der Waals surface area contributed by atoms with Gasteiger partial charge < -0.3 is 10.1 Å². The van der Waals surface area contributed by atoms with Gasteiger partial charge in [0.25, 0.3) is 10.0 Å². The Morgan fingerprint density at radius 1 is 1.14 bits per heavy atom. The lowest BCUT2D eigenvalue weighted by Crippen LogP contribution is -2.41. The predicted octanol–water partition coefficient (Wildman–Crippen LogP) is 5.21. The second kappa shape index (κ2) is 10.8. The number of thiazole rings is 1. The Morgan fingerprint density at radius 2 is 1.91 bits per heavy atom. The maximum atomic E-state index is 14.8. The molecule has 1 heterocycles. The highest BCUT2D eigenvalue weighted by molar-refractivity contribution is 7.92. The Bertz CT molecular complexity index is 1300. The van der Waals surface area contributed by atoms with Crippen molar-refractivity contribution in [3.8, 4) is 5.75 Å². The molecule has 0 spiro atoms. The van der Waals surface area contributed by atoms with Crippen LogP contribution in [-0.4, -0.2) is 32.6 Å². The zero-order valence-electron chi connectivity index (χ0n) is 18.8. The highest BCUT2D eigenvalue weighted by Crippen LogP contribution is 2.34. The number of sulfonamides is 1. The van der Waals surface area contributed by atoms with E-state index in [1.807, 2.05) is 13.0 Å². The maximum absolute atomic E-state index is 14.8. The quantitative estimate of drug-likeness (QED) is 0.403. The Labute approximate surface area is 205 Å². The average Bonchev–Trinajstić information content (AvgIpc) is 3.33. The van der Waals surface area contributed by atoms with Gasteiger partial charge in [0.1, 0.15) is 16.5 Å². The number of hydrogen-bond acceptors (Lipinski definition) is 6. The normalized spacial score (nSPS) is 18.2. The number of benzene rings is 2. The lowest BCUT2D eigenvalue weighted by Gasteiger charge is -2.33. The fraction of sp³-hybridized carbons (Fsp3) is 0.292. The molecular weight excluding hydrogens is 499 g/mol. The van der Waals surface area contributed by atoms with Gasteiger partial charge >= 0.3 is 0 Å². The van der Waals surface area contributed by atoms with E-state index in [4.69, 9.17) is 4.74 Å². The van der Waals surface area contributed by atoms with Crippen LogP contribution in [0.4, 0.5) is 19.0 Å². The van der Waals surface area contributed by atoms with Gasteiger partial charge in [-0.1, -0.05) is 25.1 Å². The summed E-state index contributed by atoms with van der Waals surface area (Å²) in [5.41, 5.74) is 3.16. The maximum Gasteiger partial charge on any atom is 0.266 e. The number of aromatic nitrogens is 1. The first-order valence-corrected chi connectivity index (χ1v) is 13.4. The van der Waals surface area contributed by atoms with Crippen molar-refractivity contribution in [3.05, 3.63) is 76.4 Å². The first kappa shape index (κ1) is 25.2. The third kappa shape index (κ3) is 5.85. The van der Waals surface area contributed by atoms with E-state index >= 15 is 0 Å². The molecule has 4 rings (SSSR count). The van der Waals surface area contributed by atoms with Crippen LogP contribution in [0.15, 0.2) is 58.3 Å². The number of ether oxygens (including phenoxy) is 1. The molecule has 0 aliphatic heterocycles. The highest BCUT2D eigenvalue weighted by atomic mass is 32.2. The van der Waals surface area contributed by atoms with Crippen LogP contribution >= 0.6 is 11.3 Å². The predicted molar refractivity (Wildman–Crippen MR) is 129 cm³/mol. The number of anilines is 1. The first-order valence-electron chi connectivity index (χ1n) is 11.0. The van der Waals surface area contributed by atoms with E-state index in [1.54, 1.807) is 12.1 Å². The zero-order valence-corrected chi connectivity index (χ0v) is 20.4. The Kier molecular flexibility index (Phi) is 7.78. The van der Waals surface area contributed by atoms with Gasteiger partial charge in [0.15, 0.2) is 17.4 Å². The molecule has 35 heavy (non-hydrogen) atoms. The number of allylic oxidation sites excluding steroid dienone is 1. The van der Waals surface area contributed by atoms with E-state index in [-0.39, 0.29) is 30.2 Å². The average molecular weight is 524 g/mol. The van der Waals surface area contributed by atoms with Gasteiger partial charge in [0.05, 0.1) is 12.1 Å². The molecule has 2 N–H and O–H groups in total. The van der Waals surface area contributed by atoms with Gasteiger partial charge in [-0.05, 0) is 42.7 Å². The summed E-state index contributed by atoms with van der Waals surface area (Å²) >= 11 is 1.15. The Morgan fingerprint density at radius 3 is 2.60 bits per heavy atom. The molecule has 11 heteroatoms. The molecule has 1 aliphatic rings. The molecule has 1 aromatic heterocycles. The lowest BCUT2D eigenvalue weighted by atomic mass is 9.80. The lowest BCUT2D eigenvalue weighted by molar-refractivity contribution is 0.227. The molecule has 0 saturated heterocycles. The van der Waals surface area contributed by atoms with Crippen molar-refractivity contribution >= 4 is 32.8 Å². The van der Waals surface area contributed by atoms with Crippen molar-refractivity contribution in [1.29, 1.82) is 0 Å². The van der Waals surface area contributed by atoms with Crippen LogP contribution in [0.25, 0.3) is 5.57 Å². The van der Waals surface area contributed by atoms with Crippen LogP contribution < -0.4 is 14.8 Å². The van der Waals surface area contributed by atoms with Crippen molar-refractivity contribution < 1.29 is 26.3 Å². The summed E-state index contributed by atoms with van der Waals surface area (Å²) in [4.78, 5) is 2.95. The summed E-state index contributed by atoms with van der Waals surface area (Å²) < 4.78 is 75.8. The second-order valence-corrected chi connectivity index (χ2v) is 10.4. The fourth-order valence-electron chi connectivity index (χ4n) is 4.14. The van der Waals surface area contributed by atoms with Crippen molar-refractivity contribution in [1.82, 2.24) is 10.3 Å². The van der Waals surface area contributed by atoms with E-state index in [2.05, 4.69) is 15.0 Å². The van der Waals surface area contributed by atoms with Crippen molar-refractivity contribution in [2.24, 2.45) is 5.92 Å². The number of halogens is 3. The van der Waals surface area contributed by atoms with Gasteiger partial charge in [-0.2, -0.15) is 0 Å². The monoisotopic (exact) mass is 523 g/mol. The zero-order chi connectivity index (χ0) is 25.0. The second-order valence-electron chi connectivity index (χ2n) is 8.02. The standard InChI is InChI=1S/C24H24F3N3O3S2/c1-2-28-21-5-3-4-17(15-6-8-16(25)9-7-15)18(21)12-33-22-10-20(27)23(11-19(22)26)35(31,32)30-24-13-34-14-29-24/h4,6-11,13-14,18,21,28,30H,2-3,5,12H2,1H3/t18-,21-/m1/s1. The smallest absolute Gasteiger partial charge is 0.266 e. The minimum absolute atomic E-state index is 0.0138. The molecule has 0 bridgehead atoms. The molecule has 0 unspecified atom stereocenters. The summed E-state index contributed by atoms with van der Waals surface area (Å²) in [5, 5.41) is 4.83. The minimum Gasteiger partial charge on any atom is -0.490 e. The van der Waals surface area contributed by atoms with Gasteiger partial charge in [0.2, 0.25) is 0 Å². The van der Waals surface area contributed by atoms with Crippen LogP contribution in [0.5, 0.6) is 5.75 Å². The van der Waals surface area contributed by atoms with Gasteiger partial charge in [0, 0.05) is 29.5 Å².